The second-order valence-electron chi connectivity index (χ2n) is 3.75. The van der Waals surface area contributed by atoms with Crippen molar-refractivity contribution in [3.63, 3.8) is 0 Å². The van der Waals surface area contributed by atoms with Crippen molar-refractivity contribution in [1.29, 1.82) is 0 Å². The number of carboxylic acid groups (broad SMARTS) is 1. The lowest BCUT2D eigenvalue weighted by atomic mass is 10.0. The number of rotatable bonds is 3. The number of aliphatic carboxylic acids is 1. The first-order chi connectivity index (χ1) is 8.13. The topological polar surface area (TPSA) is 85.9 Å². The second kappa shape index (κ2) is 4.37. The SMILES string of the molecule is CCC(C(=O)[O-])c1nc2ccccc2[nH]c1=O. The van der Waals surface area contributed by atoms with Gasteiger partial charge < -0.3 is 14.9 Å². The molecule has 2 aromatic rings. The van der Waals surface area contributed by atoms with E-state index in [9.17, 15) is 14.7 Å². The summed E-state index contributed by atoms with van der Waals surface area (Å²) in [5, 5.41) is 10.9. The van der Waals surface area contributed by atoms with Crippen molar-refractivity contribution in [2.24, 2.45) is 0 Å². The van der Waals surface area contributed by atoms with Crippen molar-refractivity contribution < 1.29 is 9.90 Å². The van der Waals surface area contributed by atoms with Gasteiger partial charge in [0.05, 0.1) is 17.0 Å². The van der Waals surface area contributed by atoms with Crippen LogP contribution < -0.4 is 10.7 Å². The lowest BCUT2D eigenvalue weighted by molar-refractivity contribution is -0.308. The molecule has 1 unspecified atom stereocenters. The molecule has 0 saturated carbocycles. The molecule has 0 bridgehead atoms. The van der Waals surface area contributed by atoms with Crippen LogP contribution in [0.4, 0.5) is 0 Å². The van der Waals surface area contributed by atoms with Gasteiger partial charge in [-0.3, -0.25) is 4.79 Å². The van der Waals surface area contributed by atoms with Crippen LogP contribution in [-0.2, 0) is 4.79 Å². The van der Waals surface area contributed by atoms with Crippen LogP contribution in [0.3, 0.4) is 0 Å². The summed E-state index contributed by atoms with van der Waals surface area (Å²) in [6, 6.07) is 6.98. The lowest BCUT2D eigenvalue weighted by Gasteiger charge is -2.14. The fraction of sp³-hybridized carbons (Fsp3) is 0.250. The number of H-pyrrole nitrogens is 1. The highest BCUT2D eigenvalue weighted by atomic mass is 16.4. The van der Waals surface area contributed by atoms with E-state index >= 15 is 0 Å². The highest BCUT2D eigenvalue weighted by Gasteiger charge is 2.16. The van der Waals surface area contributed by atoms with Gasteiger partial charge in [0.25, 0.3) is 5.56 Å². The van der Waals surface area contributed by atoms with Crippen LogP contribution in [0.5, 0.6) is 0 Å². The van der Waals surface area contributed by atoms with E-state index in [1.54, 1.807) is 31.2 Å². The predicted octanol–water partition coefficient (Wildman–Crippen LogP) is 0.167. The number of para-hydroxylation sites is 2. The Kier molecular flexibility index (Phi) is 2.91. The van der Waals surface area contributed by atoms with E-state index in [0.717, 1.165) is 0 Å². The Morgan fingerprint density at radius 1 is 1.47 bits per heavy atom. The Morgan fingerprint density at radius 3 is 2.82 bits per heavy atom. The molecule has 0 aliphatic heterocycles. The quantitative estimate of drug-likeness (QED) is 0.815. The summed E-state index contributed by atoms with van der Waals surface area (Å²) in [5.74, 6) is -2.25. The molecule has 1 atom stereocenters. The van der Waals surface area contributed by atoms with Crippen LogP contribution >= 0.6 is 0 Å². The molecule has 5 heteroatoms. The fourth-order valence-electron chi connectivity index (χ4n) is 1.75. The van der Waals surface area contributed by atoms with Gasteiger partial charge in [-0.1, -0.05) is 19.1 Å². The van der Waals surface area contributed by atoms with Gasteiger partial charge in [-0.2, -0.15) is 0 Å². The zero-order valence-electron chi connectivity index (χ0n) is 9.27. The predicted molar refractivity (Wildman–Crippen MR) is 60.4 cm³/mol. The summed E-state index contributed by atoms with van der Waals surface area (Å²) in [6.07, 6.45) is 0.275. The van der Waals surface area contributed by atoms with Gasteiger partial charge in [0.1, 0.15) is 5.69 Å². The first-order valence-corrected chi connectivity index (χ1v) is 5.33. The summed E-state index contributed by atoms with van der Waals surface area (Å²) in [6.45, 7) is 1.68. The second-order valence-corrected chi connectivity index (χ2v) is 3.75. The van der Waals surface area contributed by atoms with E-state index in [2.05, 4.69) is 9.97 Å². The standard InChI is InChI=1S/C12H12N2O3/c1-2-7(12(16)17)10-11(15)14-9-6-4-3-5-8(9)13-10/h3-7H,2H2,1H3,(H,14,15)(H,16,17)/p-1. The Bertz CT molecular complexity index is 618. The number of hydrogen-bond donors (Lipinski definition) is 1. The monoisotopic (exact) mass is 231 g/mol. The molecule has 0 spiro atoms. The van der Waals surface area contributed by atoms with Gasteiger partial charge in [-0.15, -0.1) is 0 Å². The Balaban J connectivity index is 2.65. The number of fused-ring (bicyclic) bond motifs is 1. The minimum Gasteiger partial charge on any atom is -0.549 e. The van der Waals surface area contributed by atoms with Crippen molar-refractivity contribution in [3.8, 4) is 0 Å². The molecule has 0 radical (unpaired) electrons. The fourth-order valence-corrected chi connectivity index (χ4v) is 1.75. The first-order valence-electron chi connectivity index (χ1n) is 5.33. The highest BCUT2D eigenvalue weighted by molar-refractivity contribution is 5.77. The number of hydrogen-bond acceptors (Lipinski definition) is 4. The molecule has 5 nitrogen and oxygen atoms in total. The van der Waals surface area contributed by atoms with E-state index in [4.69, 9.17) is 0 Å². The Morgan fingerprint density at radius 2 is 2.18 bits per heavy atom. The number of aromatic amines is 1. The van der Waals surface area contributed by atoms with E-state index in [0.29, 0.717) is 11.0 Å². The van der Waals surface area contributed by atoms with Crippen LogP contribution in [0.1, 0.15) is 25.0 Å². The first kappa shape index (κ1) is 11.3. The van der Waals surface area contributed by atoms with Gasteiger partial charge in [0.15, 0.2) is 0 Å². The van der Waals surface area contributed by atoms with Gasteiger partial charge in [0.2, 0.25) is 0 Å². The molecule has 0 amide bonds. The van der Waals surface area contributed by atoms with Crippen molar-refractivity contribution in [2.75, 3.05) is 0 Å². The maximum atomic E-state index is 11.7. The third-order valence-electron chi connectivity index (χ3n) is 2.65. The number of carbonyl (C=O) groups is 1. The molecule has 0 fully saturated rings. The molecule has 17 heavy (non-hydrogen) atoms. The van der Waals surface area contributed by atoms with E-state index in [1.165, 1.54) is 0 Å². The molecular weight excluding hydrogens is 220 g/mol. The van der Waals surface area contributed by atoms with Crippen LogP contribution in [0.2, 0.25) is 0 Å². The van der Waals surface area contributed by atoms with Crippen molar-refractivity contribution in [3.05, 3.63) is 40.3 Å². The molecule has 1 aromatic heterocycles. The van der Waals surface area contributed by atoms with E-state index < -0.39 is 17.4 Å². The highest BCUT2D eigenvalue weighted by Crippen LogP contribution is 2.15. The molecule has 88 valence electrons. The minimum atomic E-state index is -1.28. The van der Waals surface area contributed by atoms with E-state index in [-0.39, 0.29) is 12.1 Å². The molecule has 1 N–H and O–H groups in total. The average molecular weight is 231 g/mol. The minimum absolute atomic E-state index is 0.00574. The number of benzene rings is 1. The Labute approximate surface area is 97.1 Å². The van der Waals surface area contributed by atoms with E-state index in [1.807, 2.05) is 0 Å². The van der Waals surface area contributed by atoms with Crippen LogP contribution in [0.15, 0.2) is 29.1 Å². The van der Waals surface area contributed by atoms with Gasteiger partial charge in [0, 0.05) is 5.92 Å². The maximum absolute atomic E-state index is 11.7. The summed E-state index contributed by atoms with van der Waals surface area (Å²) in [7, 11) is 0. The smallest absolute Gasteiger partial charge is 0.270 e. The largest absolute Gasteiger partial charge is 0.549 e. The lowest BCUT2D eigenvalue weighted by Crippen LogP contribution is -2.33. The molecule has 0 aliphatic rings. The number of nitrogens with one attached hydrogen (secondary N) is 1. The third kappa shape index (κ3) is 2.04. The summed E-state index contributed by atoms with van der Waals surface area (Å²) in [4.78, 5) is 29.4. The molecule has 0 saturated heterocycles. The zero-order valence-corrected chi connectivity index (χ0v) is 9.27. The number of nitrogens with zero attached hydrogens (tertiary/aromatic N) is 1. The molecule has 0 aliphatic carbocycles. The van der Waals surface area contributed by atoms with Gasteiger partial charge >= 0.3 is 0 Å². The number of aromatic nitrogens is 2. The van der Waals surface area contributed by atoms with Crippen molar-refractivity contribution in [1.82, 2.24) is 9.97 Å². The summed E-state index contributed by atoms with van der Waals surface area (Å²) < 4.78 is 0. The number of carboxylic acids is 1. The summed E-state index contributed by atoms with van der Waals surface area (Å²) >= 11 is 0. The van der Waals surface area contributed by atoms with Crippen molar-refractivity contribution in [2.45, 2.75) is 19.3 Å². The van der Waals surface area contributed by atoms with Gasteiger partial charge in [-0.05, 0) is 18.6 Å². The summed E-state index contributed by atoms with van der Waals surface area (Å²) in [5.41, 5.74) is 0.696. The normalized spacial score (nSPS) is 12.5. The number of carbonyl (C=O) groups excluding carboxylic acids is 1. The van der Waals surface area contributed by atoms with Crippen molar-refractivity contribution >= 4 is 17.0 Å². The van der Waals surface area contributed by atoms with Gasteiger partial charge in [-0.25, -0.2) is 4.98 Å². The van der Waals surface area contributed by atoms with Crippen LogP contribution in [0.25, 0.3) is 11.0 Å². The average Bonchev–Trinajstić information content (AvgIpc) is 2.30. The van der Waals surface area contributed by atoms with Crippen LogP contribution in [0, 0.1) is 0 Å². The third-order valence-corrected chi connectivity index (χ3v) is 2.65. The Hall–Kier alpha value is -2.17. The zero-order chi connectivity index (χ0) is 12.4. The molecular formula is C12H11N2O3-. The molecule has 1 heterocycles. The molecule has 1 aromatic carbocycles. The molecule has 2 rings (SSSR count). The van der Waals surface area contributed by atoms with Crippen LogP contribution in [-0.4, -0.2) is 15.9 Å². The maximum Gasteiger partial charge on any atom is 0.270 e.